The van der Waals surface area contributed by atoms with Crippen molar-refractivity contribution in [3.63, 3.8) is 0 Å². The maximum absolute atomic E-state index is 4.89. The van der Waals surface area contributed by atoms with Crippen LogP contribution >= 0.6 is 18.6 Å². The molecule has 0 aromatic heterocycles. The zero-order chi connectivity index (χ0) is 18.7. The van der Waals surface area contributed by atoms with Gasteiger partial charge in [-0.25, -0.2) is 0 Å². The Balaban J connectivity index is 0.000000614. The summed E-state index contributed by atoms with van der Waals surface area (Å²) < 4.78 is 2.83. The number of halogens is 2. The predicted molar refractivity (Wildman–Crippen MR) is 119 cm³/mol. The van der Waals surface area contributed by atoms with Crippen LogP contribution in [0.2, 0.25) is 18.6 Å². The van der Waals surface area contributed by atoms with Gasteiger partial charge >= 0.3 is 35.6 Å². The van der Waals surface area contributed by atoms with Gasteiger partial charge in [0.25, 0.3) is 0 Å². The molecule has 150 valence electrons. The van der Waals surface area contributed by atoms with Crippen LogP contribution in [-0.2, 0) is 17.0 Å². The van der Waals surface area contributed by atoms with Crippen LogP contribution in [0.5, 0.6) is 0 Å². The fraction of sp³-hybridized carbons (Fsp3) is 0.571. The van der Waals surface area contributed by atoms with Crippen molar-refractivity contribution in [3.8, 4) is 0 Å². The summed E-state index contributed by atoms with van der Waals surface area (Å²) in [6, 6.07) is 0. The molecule has 4 unspecified atom stereocenters. The Morgan fingerprint density at radius 3 is 1.85 bits per heavy atom. The van der Waals surface area contributed by atoms with Crippen LogP contribution in [0.4, 0.5) is 0 Å². The quantitative estimate of drug-likeness (QED) is 0.346. The van der Waals surface area contributed by atoms with E-state index in [0.29, 0.717) is 29.8 Å². The van der Waals surface area contributed by atoms with Crippen LogP contribution < -0.4 is 0 Å². The number of nitrogens with zero attached hydrogens (tertiary/aromatic N) is 2. The van der Waals surface area contributed by atoms with Crippen LogP contribution in [0.15, 0.2) is 48.6 Å². The number of allylic oxidation sites excluding steroid dienone is 8. The van der Waals surface area contributed by atoms with Gasteiger partial charge in [0.1, 0.15) is 8.24 Å². The van der Waals surface area contributed by atoms with E-state index in [4.69, 9.17) is 23.9 Å². The van der Waals surface area contributed by atoms with Crippen molar-refractivity contribution >= 4 is 26.8 Å². The monoisotopic (exact) mass is 458 g/mol. The average molecular weight is 459 g/mol. The first kappa shape index (κ1) is 23.7. The number of hydrogen-bond acceptors (Lipinski definition) is 1. The molecule has 0 amide bonds. The molecule has 6 heteroatoms. The second kappa shape index (κ2) is 10.4. The first-order valence-corrected chi connectivity index (χ1v) is 17.0. The van der Waals surface area contributed by atoms with Gasteiger partial charge in [-0.2, -0.15) is 0 Å². The molecule has 0 aromatic carbocycles. The van der Waals surface area contributed by atoms with E-state index in [-0.39, 0.29) is 7.43 Å². The van der Waals surface area contributed by atoms with Gasteiger partial charge in [0.2, 0.25) is 0 Å². The van der Waals surface area contributed by atoms with Gasteiger partial charge in [0.05, 0.1) is 0 Å². The molecule has 4 rings (SSSR count). The summed E-state index contributed by atoms with van der Waals surface area (Å²) >= 11 is -0.556. The second-order valence-electron chi connectivity index (χ2n) is 8.09. The topological polar surface area (TPSA) is 17.3 Å². The molecule has 3 aliphatic carbocycles. The minimum absolute atomic E-state index is 0. The third kappa shape index (κ3) is 4.60. The van der Waals surface area contributed by atoms with Crippen molar-refractivity contribution < 1.29 is 17.0 Å². The maximum atomic E-state index is 4.89. The first-order valence-electron chi connectivity index (χ1n) is 9.65. The predicted octanol–water partition coefficient (Wildman–Crippen LogP) is 6.54. The second-order valence-corrected chi connectivity index (χ2v) is 15.2. The normalized spacial score (nSPS) is 36.5. The third-order valence-corrected chi connectivity index (χ3v) is 11.1. The summed E-state index contributed by atoms with van der Waals surface area (Å²) in [7, 11) is 8.21. The molecular weight excluding hydrogens is 427 g/mol. The Hall–Kier alpha value is 0.391. The Bertz CT molecular complexity index is 571. The molecule has 0 bridgehead atoms. The summed E-state index contributed by atoms with van der Waals surface area (Å²) in [6.07, 6.45) is 20.7. The minimum atomic E-state index is -1.57. The molecule has 5 atom stereocenters. The molecule has 0 aromatic rings. The fourth-order valence-corrected chi connectivity index (χ4v) is 10.4. The van der Waals surface area contributed by atoms with Crippen molar-refractivity contribution in [1.29, 1.82) is 0 Å². The Morgan fingerprint density at radius 1 is 0.963 bits per heavy atom. The van der Waals surface area contributed by atoms with E-state index in [0.717, 1.165) is 18.5 Å². The van der Waals surface area contributed by atoms with Gasteiger partial charge in [-0.05, 0) is 35.8 Å². The van der Waals surface area contributed by atoms with Gasteiger partial charge in [0, 0.05) is 0 Å². The van der Waals surface area contributed by atoms with E-state index < -0.39 is 25.3 Å². The SMILES string of the molecule is CC[C@H]1[N-]CCN1[Si](C)(C)C1C2C=CC=CC2C2C=CC=CC21.[CH3-].[Cl][Ti][Cl]. The van der Waals surface area contributed by atoms with Gasteiger partial charge in [-0.15, -0.1) is 6.54 Å². The number of fused-ring (bicyclic) bond motifs is 3. The average Bonchev–Trinajstić information content (AvgIpc) is 3.25. The van der Waals surface area contributed by atoms with Crippen LogP contribution in [0.25, 0.3) is 5.32 Å². The zero-order valence-corrected chi connectivity index (χ0v) is 20.9. The number of hydrogen-bond donors (Lipinski definition) is 0. The van der Waals surface area contributed by atoms with Crippen molar-refractivity contribution in [2.45, 2.75) is 38.1 Å². The third-order valence-electron chi connectivity index (χ3n) is 6.68. The summed E-state index contributed by atoms with van der Waals surface area (Å²) in [5.41, 5.74) is 0.794. The van der Waals surface area contributed by atoms with Crippen molar-refractivity contribution in [3.05, 3.63) is 61.4 Å². The molecule has 1 aliphatic heterocycles. The molecule has 1 saturated carbocycles. The summed E-state index contributed by atoms with van der Waals surface area (Å²) in [4.78, 5) is 0. The molecule has 0 spiro atoms. The summed E-state index contributed by atoms with van der Waals surface area (Å²) in [6.45, 7) is 9.74. The standard InChI is InChI=1S/C20H29N2Si.CH3.2ClH.Ti/c1-4-19-21-13-14-22(19)23(2,3)20-17-11-7-5-9-15(17)16-10-6-8-12-18(16)20;;;;/h5-12,15-20H,4,13-14H2,1-3H3;1H3;2*1H;/q2*-1;;;+2/p-2/t15?,16?,17?,18?,19-,20?;;;;/m0..../s1. The number of rotatable bonds is 3. The van der Waals surface area contributed by atoms with E-state index in [1.807, 2.05) is 0 Å². The molecule has 4 aliphatic rings. The van der Waals surface area contributed by atoms with Gasteiger partial charge in [0.15, 0.2) is 0 Å². The Labute approximate surface area is 183 Å². The zero-order valence-electron chi connectivity index (χ0n) is 16.9. The molecule has 1 saturated heterocycles. The molecule has 1 heterocycles. The van der Waals surface area contributed by atoms with Crippen LogP contribution in [-0.4, -0.2) is 32.1 Å². The Kier molecular flexibility index (Phi) is 9.14. The molecule has 27 heavy (non-hydrogen) atoms. The summed E-state index contributed by atoms with van der Waals surface area (Å²) in [5.74, 6) is 2.81. The van der Waals surface area contributed by atoms with Crippen molar-refractivity contribution in [1.82, 2.24) is 4.57 Å². The molecule has 2 fully saturated rings. The van der Waals surface area contributed by atoms with Crippen LogP contribution in [0.3, 0.4) is 0 Å². The van der Waals surface area contributed by atoms with Crippen molar-refractivity contribution in [2.75, 3.05) is 13.1 Å². The van der Waals surface area contributed by atoms with Crippen LogP contribution in [0.1, 0.15) is 13.3 Å². The molecule has 0 N–H and O–H groups in total. The van der Waals surface area contributed by atoms with E-state index in [2.05, 4.69) is 73.2 Å². The van der Waals surface area contributed by atoms with E-state index >= 15 is 0 Å². The van der Waals surface area contributed by atoms with E-state index in [1.54, 1.807) is 0 Å². The summed E-state index contributed by atoms with van der Waals surface area (Å²) in [5, 5.41) is 4.88. The fourth-order valence-electron chi connectivity index (χ4n) is 5.74. The van der Waals surface area contributed by atoms with E-state index in [1.165, 1.54) is 6.54 Å². The molecule has 0 radical (unpaired) electrons. The molecular formula is C21H32Cl2N2SiTi-2. The molecule has 2 nitrogen and oxygen atoms in total. The van der Waals surface area contributed by atoms with Gasteiger partial charge in [-0.1, -0.05) is 81.2 Å². The van der Waals surface area contributed by atoms with Gasteiger partial charge < -0.3 is 17.3 Å². The van der Waals surface area contributed by atoms with Crippen LogP contribution in [0, 0.1) is 31.1 Å². The first-order chi connectivity index (χ1) is 12.6. The van der Waals surface area contributed by atoms with Crippen molar-refractivity contribution in [2.24, 2.45) is 23.7 Å². The van der Waals surface area contributed by atoms with Gasteiger partial charge in [-0.3, -0.25) is 0 Å². The Morgan fingerprint density at radius 2 is 1.41 bits per heavy atom. The van der Waals surface area contributed by atoms with E-state index in [9.17, 15) is 0 Å².